The summed E-state index contributed by atoms with van der Waals surface area (Å²) in [7, 11) is 0. The summed E-state index contributed by atoms with van der Waals surface area (Å²) in [5.74, 6) is 1.34. The minimum Gasteiger partial charge on any atom is -0.494 e. The SMILES string of the molecule is CCOc1ccc(-c2ccc(C(C)CCC(C)C)c(Cl)c2F)cc1. The van der Waals surface area contributed by atoms with Gasteiger partial charge in [0.1, 0.15) is 11.6 Å². The maximum absolute atomic E-state index is 14.8. The number of halogens is 2. The smallest absolute Gasteiger partial charge is 0.149 e. The van der Waals surface area contributed by atoms with Crippen molar-refractivity contribution < 1.29 is 9.13 Å². The summed E-state index contributed by atoms with van der Waals surface area (Å²) >= 11 is 6.34. The lowest BCUT2D eigenvalue weighted by molar-refractivity contribution is 0.340. The molecule has 0 N–H and O–H groups in total. The first kappa shape index (κ1) is 18.8. The maximum Gasteiger partial charge on any atom is 0.149 e. The third kappa shape index (κ3) is 4.51. The highest BCUT2D eigenvalue weighted by atomic mass is 35.5. The summed E-state index contributed by atoms with van der Waals surface area (Å²) in [6.07, 6.45) is 2.12. The first-order valence-corrected chi connectivity index (χ1v) is 9.03. The van der Waals surface area contributed by atoms with Crippen LogP contribution in [0.1, 0.15) is 52.0 Å². The number of ether oxygens (including phenoxy) is 1. The van der Waals surface area contributed by atoms with E-state index in [1.807, 2.05) is 43.3 Å². The van der Waals surface area contributed by atoms with Crippen LogP contribution in [-0.2, 0) is 0 Å². The molecule has 1 unspecified atom stereocenters. The minimum atomic E-state index is -0.338. The second-order valence-corrected chi connectivity index (χ2v) is 7.04. The molecule has 0 aliphatic rings. The second-order valence-electron chi connectivity index (χ2n) is 6.66. The predicted octanol–water partition coefficient (Wildman–Crippen LogP) is 7.08. The molecule has 1 nitrogen and oxygen atoms in total. The Morgan fingerprint density at radius 1 is 1.00 bits per heavy atom. The van der Waals surface area contributed by atoms with E-state index in [1.165, 1.54) is 0 Å². The molecule has 3 heteroatoms. The molecule has 0 radical (unpaired) electrons. The van der Waals surface area contributed by atoms with Gasteiger partial charge in [0.15, 0.2) is 0 Å². The second kappa shape index (κ2) is 8.53. The zero-order valence-corrected chi connectivity index (χ0v) is 15.7. The Hall–Kier alpha value is -1.54. The summed E-state index contributed by atoms with van der Waals surface area (Å²) < 4.78 is 20.2. The molecule has 0 aromatic heterocycles. The molecule has 0 heterocycles. The van der Waals surface area contributed by atoms with Gasteiger partial charge in [-0.1, -0.05) is 63.1 Å². The summed E-state index contributed by atoms with van der Waals surface area (Å²) in [4.78, 5) is 0. The maximum atomic E-state index is 14.8. The fourth-order valence-electron chi connectivity index (χ4n) is 2.80. The Morgan fingerprint density at radius 2 is 1.67 bits per heavy atom. The van der Waals surface area contributed by atoms with E-state index in [4.69, 9.17) is 16.3 Å². The van der Waals surface area contributed by atoms with Gasteiger partial charge in [-0.2, -0.15) is 0 Å². The van der Waals surface area contributed by atoms with Crippen molar-refractivity contribution >= 4 is 11.6 Å². The molecule has 0 bridgehead atoms. The highest BCUT2D eigenvalue weighted by Crippen LogP contribution is 2.36. The molecule has 0 spiro atoms. The van der Waals surface area contributed by atoms with E-state index in [0.717, 1.165) is 29.7 Å². The number of hydrogen-bond acceptors (Lipinski definition) is 1. The van der Waals surface area contributed by atoms with Gasteiger partial charge in [-0.3, -0.25) is 0 Å². The molecule has 2 rings (SSSR count). The lowest BCUT2D eigenvalue weighted by Crippen LogP contribution is -2.00. The molecule has 0 fully saturated rings. The number of benzene rings is 2. The Morgan fingerprint density at radius 3 is 2.25 bits per heavy atom. The van der Waals surface area contributed by atoms with E-state index in [0.29, 0.717) is 18.1 Å². The molecule has 0 aliphatic heterocycles. The average molecular weight is 349 g/mol. The summed E-state index contributed by atoms with van der Waals surface area (Å²) in [5, 5.41) is 0.248. The van der Waals surface area contributed by atoms with E-state index in [2.05, 4.69) is 20.8 Å². The molecule has 24 heavy (non-hydrogen) atoms. The van der Waals surface area contributed by atoms with Crippen molar-refractivity contribution in [1.29, 1.82) is 0 Å². The molecule has 2 aromatic carbocycles. The Balaban J connectivity index is 2.26. The Kier molecular flexibility index (Phi) is 6.68. The molecule has 0 saturated carbocycles. The van der Waals surface area contributed by atoms with E-state index >= 15 is 0 Å². The van der Waals surface area contributed by atoms with Gasteiger partial charge in [-0.05, 0) is 48.4 Å². The molecule has 0 amide bonds. The molecule has 1 atom stereocenters. The minimum absolute atomic E-state index is 0.248. The van der Waals surface area contributed by atoms with Crippen LogP contribution in [0.2, 0.25) is 5.02 Å². The van der Waals surface area contributed by atoms with Crippen molar-refractivity contribution in [3.8, 4) is 16.9 Å². The zero-order valence-electron chi connectivity index (χ0n) is 14.9. The molecule has 130 valence electrons. The number of rotatable bonds is 7. The summed E-state index contributed by atoms with van der Waals surface area (Å²) in [5.41, 5.74) is 2.23. The van der Waals surface area contributed by atoms with Crippen LogP contribution in [0.4, 0.5) is 4.39 Å². The van der Waals surface area contributed by atoms with Crippen molar-refractivity contribution in [2.45, 2.75) is 46.5 Å². The van der Waals surface area contributed by atoms with Crippen molar-refractivity contribution in [2.24, 2.45) is 5.92 Å². The van der Waals surface area contributed by atoms with Crippen LogP contribution in [-0.4, -0.2) is 6.61 Å². The van der Waals surface area contributed by atoms with Crippen LogP contribution in [0.15, 0.2) is 36.4 Å². The highest BCUT2D eigenvalue weighted by Gasteiger charge is 2.17. The lowest BCUT2D eigenvalue weighted by atomic mass is 9.91. The van der Waals surface area contributed by atoms with E-state index in [9.17, 15) is 4.39 Å². The Bertz CT molecular complexity index is 664. The van der Waals surface area contributed by atoms with Gasteiger partial charge in [-0.15, -0.1) is 0 Å². The van der Waals surface area contributed by atoms with E-state index in [1.54, 1.807) is 0 Å². The van der Waals surface area contributed by atoms with E-state index < -0.39 is 0 Å². The van der Waals surface area contributed by atoms with Crippen LogP contribution < -0.4 is 4.74 Å². The molecular formula is C21H26ClFO. The lowest BCUT2D eigenvalue weighted by Gasteiger charge is -2.17. The molecule has 0 aliphatic carbocycles. The first-order chi connectivity index (χ1) is 11.4. The van der Waals surface area contributed by atoms with Gasteiger partial charge in [0, 0.05) is 5.56 Å². The summed E-state index contributed by atoms with van der Waals surface area (Å²) in [6, 6.07) is 11.2. The fraction of sp³-hybridized carbons (Fsp3) is 0.429. The molecular weight excluding hydrogens is 323 g/mol. The van der Waals surface area contributed by atoms with Gasteiger partial charge in [0.05, 0.1) is 11.6 Å². The van der Waals surface area contributed by atoms with E-state index in [-0.39, 0.29) is 16.8 Å². The monoisotopic (exact) mass is 348 g/mol. The largest absolute Gasteiger partial charge is 0.494 e. The quantitative estimate of drug-likeness (QED) is 0.519. The number of hydrogen-bond donors (Lipinski definition) is 0. The Labute approximate surface area is 149 Å². The third-order valence-electron chi connectivity index (χ3n) is 4.30. The van der Waals surface area contributed by atoms with Crippen molar-refractivity contribution in [3.63, 3.8) is 0 Å². The van der Waals surface area contributed by atoms with Gasteiger partial charge < -0.3 is 4.74 Å². The summed E-state index contributed by atoms with van der Waals surface area (Å²) in [6.45, 7) is 9.06. The zero-order chi connectivity index (χ0) is 17.7. The van der Waals surface area contributed by atoms with Gasteiger partial charge in [0.25, 0.3) is 0 Å². The van der Waals surface area contributed by atoms with Crippen LogP contribution in [0.5, 0.6) is 5.75 Å². The molecule has 2 aromatic rings. The van der Waals surface area contributed by atoms with Crippen LogP contribution in [0.25, 0.3) is 11.1 Å². The van der Waals surface area contributed by atoms with Crippen molar-refractivity contribution in [3.05, 3.63) is 52.8 Å². The molecule has 0 saturated heterocycles. The van der Waals surface area contributed by atoms with Crippen LogP contribution >= 0.6 is 11.6 Å². The topological polar surface area (TPSA) is 9.23 Å². The van der Waals surface area contributed by atoms with Gasteiger partial charge >= 0.3 is 0 Å². The third-order valence-corrected chi connectivity index (χ3v) is 4.68. The van der Waals surface area contributed by atoms with Crippen molar-refractivity contribution in [2.75, 3.05) is 6.61 Å². The van der Waals surface area contributed by atoms with Gasteiger partial charge in [-0.25, -0.2) is 4.39 Å². The first-order valence-electron chi connectivity index (χ1n) is 8.65. The fourth-order valence-corrected chi connectivity index (χ4v) is 3.16. The van der Waals surface area contributed by atoms with Crippen LogP contribution in [0.3, 0.4) is 0 Å². The standard InChI is InChI=1S/C21H26ClFO/c1-5-24-17-10-8-16(9-11-17)19-13-12-18(20(22)21(19)23)15(4)7-6-14(2)3/h8-15H,5-7H2,1-4H3. The van der Waals surface area contributed by atoms with Crippen LogP contribution in [0, 0.1) is 11.7 Å². The highest BCUT2D eigenvalue weighted by molar-refractivity contribution is 6.31. The van der Waals surface area contributed by atoms with Gasteiger partial charge in [0.2, 0.25) is 0 Å². The predicted molar refractivity (Wildman–Crippen MR) is 101 cm³/mol. The normalized spacial score (nSPS) is 12.5. The van der Waals surface area contributed by atoms with Crippen molar-refractivity contribution in [1.82, 2.24) is 0 Å². The average Bonchev–Trinajstić information content (AvgIpc) is 2.56.